The van der Waals surface area contributed by atoms with Gasteiger partial charge in [0.15, 0.2) is 0 Å². The van der Waals surface area contributed by atoms with Crippen LogP contribution in [0.4, 0.5) is 9.59 Å². The third-order valence-corrected chi connectivity index (χ3v) is 7.33. The fraction of sp³-hybridized carbons (Fsp3) is 0.467. The summed E-state index contributed by atoms with van der Waals surface area (Å²) in [4.78, 5) is 35.6. The van der Waals surface area contributed by atoms with Gasteiger partial charge in [0, 0.05) is 19.9 Å². The number of guanidine groups is 1. The van der Waals surface area contributed by atoms with E-state index in [2.05, 4.69) is 4.76 Å². The van der Waals surface area contributed by atoms with Gasteiger partial charge in [-0.15, -0.1) is 4.76 Å². The minimum absolute atomic E-state index is 0.0864. The maximum absolute atomic E-state index is 13.2. The Morgan fingerprint density at radius 2 is 1.11 bits per heavy atom. The Morgan fingerprint density at radius 3 is 1.51 bits per heavy atom. The van der Waals surface area contributed by atoms with E-state index in [0.29, 0.717) is 12.8 Å². The SMILES string of the molecule is CN(CC(=O)O)/C(N)=N/P(=O)(OCCCOC(=O)OCCCc1ccccc1)OCCCOC(=O)OCCCc1ccccc1. The predicted octanol–water partition coefficient (Wildman–Crippen LogP) is 4.81. The second-order valence-corrected chi connectivity index (χ2v) is 11.3. The molecule has 3 N–H and O–H groups in total. The first-order valence-corrected chi connectivity index (χ1v) is 16.0. The van der Waals surface area contributed by atoms with Gasteiger partial charge in [-0.1, -0.05) is 60.7 Å². The van der Waals surface area contributed by atoms with E-state index in [-0.39, 0.29) is 58.4 Å². The molecule has 14 nitrogen and oxygen atoms in total. The molecule has 2 aromatic rings. The van der Waals surface area contributed by atoms with Crippen LogP contribution in [0.1, 0.15) is 36.8 Å². The zero-order chi connectivity index (χ0) is 32.8. The van der Waals surface area contributed by atoms with E-state index >= 15 is 0 Å². The Morgan fingerprint density at radius 1 is 0.711 bits per heavy atom. The first kappa shape index (κ1) is 37.1. The molecule has 0 spiro atoms. The van der Waals surface area contributed by atoms with Crippen molar-refractivity contribution >= 4 is 32.0 Å². The van der Waals surface area contributed by atoms with Gasteiger partial charge in [-0.05, 0) is 36.8 Å². The highest BCUT2D eigenvalue weighted by Crippen LogP contribution is 2.50. The van der Waals surface area contributed by atoms with Gasteiger partial charge < -0.3 is 34.7 Å². The number of carbonyl (C=O) groups is 3. The number of carbonyl (C=O) groups excluding carboxylic acids is 2. The molecule has 0 radical (unpaired) electrons. The average molecular weight is 652 g/mol. The molecule has 0 aromatic heterocycles. The Kier molecular flexibility index (Phi) is 17.7. The van der Waals surface area contributed by atoms with Crippen molar-refractivity contribution in [3.8, 4) is 0 Å². The average Bonchev–Trinajstić information content (AvgIpc) is 3.02. The molecule has 0 aliphatic heterocycles. The molecule has 0 saturated carbocycles. The molecular weight excluding hydrogens is 609 g/mol. The number of aliphatic carboxylic acids is 1. The van der Waals surface area contributed by atoms with Gasteiger partial charge in [0.1, 0.15) is 6.54 Å². The zero-order valence-corrected chi connectivity index (χ0v) is 26.3. The molecule has 0 saturated heterocycles. The van der Waals surface area contributed by atoms with Crippen LogP contribution < -0.4 is 5.73 Å². The van der Waals surface area contributed by atoms with Crippen LogP contribution >= 0.6 is 7.75 Å². The minimum atomic E-state index is -4.22. The summed E-state index contributed by atoms with van der Waals surface area (Å²) in [5, 5.41) is 8.98. The van der Waals surface area contributed by atoms with Gasteiger partial charge in [-0.25, -0.2) is 14.2 Å². The Bertz CT molecular complexity index is 1160. The van der Waals surface area contributed by atoms with Crippen LogP contribution in [0, 0.1) is 0 Å². The van der Waals surface area contributed by atoms with E-state index in [1.165, 1.54) is 7.05 Å². The molecule has 2 rings (SSSR count). The molecule has 248 valence electrons. The second-order valence-electron chi connectivity index (χ2n) is 9.62. The predicted molar refractivity (Wildman–Crippen MR) is 165 cm³/mol. The molecule has 0 atom stereocenters. The first-order chi connectivity index (χ1) is 21.7. The van der Waals surface area contributed by atoms with Crippen LogP contribution in [0.5, 0.6) is 0 Å². The van der Waals surface area contributed by atoms with Crippen LogP contribution in [0.2, 0.25) is 0 Å². The van der Waals surface area contributed by atoms with Crippen molar-refractivity contribution in [1.82, 2.24) is 4.90 Å². The summed E-state index contributed by atoms with van der Waals surface area (Å²) in [7, 11) is -2.87. The summed E-state index contributed by atoms with van der Waals surface area (Å²) in [6, 6.07) is 19.6. The number of benzene rings is 2. The van der Waals surface area contributed by atoms with Gasteiger partial charge in [0.05, 0.1) is 39.6 Å². The normalized spacial score (nSPS) is 11.4. The van der Waals surface area contributed by atoms with Gasteiger partial charge in [0.2, 0.25) is 5.96 Å². The van der Waals surface area contributed by atoms with Crippen molar-refractivity contribution in [3.05, 3.63) is 71.8 Å². The summed E-state index contributed by atoms with van der Waals surface area (Å²) in [5.41, 5.74) is 8.06. The highest BCUT2D eigenvalue weighted by Gasteiger charge is 2.26. The number of nitrogens with two attached hydrogens (primary N) is 1. The third kappa shape index (κ3) is 17.7. The van der Waals surface area contributed by atoms with Gasteiger partial charge in [0.25, 0.3) is 0 Å². The number of ether oxygens (including phenoxy) is 4. The first-order valence-electron chi connectivity index (χ1n) is 14.5. The van der Waals surface area contributed by atoms with Crippen LogP contribution in [-0.4, -0.2) is 87.5 Å². The maximum atomic E-state index is 13.2. The molecule has 0 unspecified atom stereocenters. The van der Waals surface area contributed by atoms with Crippen molar-refractivity contribution in [2.24, 2.45) is 10.5 Å². The number of nitrogens with zero attached hydrogens (tertiary/aromatic N) is 2. The van der Waals surface area contributed by atoms with Crippen molar-refractivity contribution in [2.45, 2.75) is 38.5 Å². The number of hydrogen-bond acceptors (Lipinski definition) is 10. The maximum Gasteiger partial charge on any atom is 0.508 e. The van der Waals surface area contributed by atoms with Crippen molar-refractivity contribution in [1.29, 1.82) is 0 Å². The van der Waals surface area contributed by atoms with Gasteiger partial charge in [-0.2, -0.15) is 0 Å². The number of hydrogen-bond donors (Lipinski definition) is 2. The lowest BCUT2D eigenvalue weighted by atomic mass is 10.1. The van der Waals surface area contributed by atoms with E-state index in [1.807, 2.05) is 60.7 Å². The van der Waals surface area contributed by atoms with Crippen molar-refractivity contribution < 1.29 is 52.1 Å². The molecule has 0 bridgehead atoms. The standard InChI is InChI=1S/C30H42N3O11P/c1-33(24-27(34)35)28(31)32-45(38,43-22-10-20-41-29(36)39-18-8-16-25-12-4-2-5-13-25)44-23-11-21-42-30(37)40-19-9-17-26-14-6-3-7-15-26/h2-7,12-15H,8-11,16-24H2,1H3,(H,34,35)(H2,31,32,38). The highest BCUT2D eigenvalue weighted by atomic mass is 31.2. The summed E-state index contributed by atoms with van der Waals surface area (Å²) in [5.74, 6) is -1.56. The highest BCUT2D eigenvalue weighted by molar-refractivity contribution is 7.52. The number of carboxylic acid groups (broad SMARTS) is 1. The smallest absolute Gasteiger partial charge is 0.480 e. The van der Waals surface area contributed by atoms with Crippen LogP contribution in [0.15, 0.2) is 65.4 Å². The van der Waals surface area contributed by atoms with Crippen LogP contribution in [0.3, 0.4) is 0 Å². The van der Waals surface area contributed by atoms with Crippen molar-refractivity contribution in [2.75, 3.05) is 53.2 Å². The minimum Gasteiger partial charge on any atom is -0.480 e. The summed E-state index contributed by atoms with van der Waals surface area (Å²) < 4.78 is 47.8. The third-order valence-electron chi connectivity index (χ3n) is 5.86. The topological polar surface area (TPSA) is 186 Å². The molecule has 0 heterocycles. The largest absolute Gasteiger partial charge is 0.508 e. The molecule has 15 heteroatoms. The monoisotopic (exact) mass is 651 g/mol. The van der Waals surface area contributed by atoms with E-state index < -0.39 is 32.6 Å². The number of aryl methyl sites for hydroxylation is 2. The number of rotatable bonds is 21. The lowest BCUT2D eigenvalue weighted by Gasteiger charge is -2.19. The summed E-state index contributed by atoms with van der Waals surface area (Å²) in [6.07, 6.45) is 1.38. The molecule has 0 fully saturated rings. The summed E-state index contributed by atoms with van der Waals surface area (Å²) >= 11 is 0. The molecule has 0 aliphatic rings. The molecule has 45 heavy (non-hydrogen) atoms. The Balaban J connectivity index is 1.69. The van der Waals surface area contributed by atoms with Crippen molar-refractivity contribution in [3.63, 3.8) is 0 Å². The fourth-order valence-corrected chi connectivity index (χ4v) is 4.92. The number of carboxylic acids is 1. The van der Waals surface area contributed by atoms with E-state index in [1.54, 1.807) is 0 Å². The quantitative estimate of drug-likeness (QED) is 0.0616. The molecule has 0 aliphatic carbocycles. The van der Waals surface area contributed by atoms with Gasteiger partial charge >= 0.3 is 26.0 Å². The van der Waals surface area contributed by atoms with Crippen LogP contribution in [-0.2, 0) is 50.2 Å². The Labute approximate surface area is 263 Å². The lowest BCUT2D eigenvalue weighted by Crippen LogP contribution is -2.37. The van der Waals surface area contributed by atoms with Gasteiger partial charge in [-0.3, -0.25) is 13.8 Å². The molecular formula is C30H42N3O11P. The number of likely N-dealkylation sites (N-methyl/N-ethyl adjacent to an activating group) is 1. The summed E-state index contributed by atoms with van der Waals surface area (Å²) in [6.45, 7) is -0.666. The molecule has 0 amide bonds. The lowest BCUT2D eigenvalue weighted by molar-refractivity contribution is -0.137. The zero-order valence-electron chi connectivity index (χ0n) is 25.4. The Hall–Kier alpha value is -4.13. The fourth-order valence-electron chi connectivity index (χ4n) is 3.61. The van der Waals surface area contributed by atoms with E-state index in [9.17, 15) is 18.9 Å². The van der Waals surface area contributed by atoms with Crippen LogP contribution in [0.25, 0.3) is 0 Å². The van der Waals surface area contributed by atoms with E-state index in [0.717, 1.165) is 28.9 Å². The van der Waals surface area contributed by atoms with E-state index in [4.69, 9.17) is 38.8 Å². The second kappa shape index (κ2) is 21.6. The molecule has 2 aromatic carbocycles.